The van der Waals surface area contributed by atoms with Crippen molar-refractivity contribution < 1.29 is 14.3 Å². The number of likely N-dealkylation sites (tertiary alicyclic amines) is 1. The molecular formula is C24H30ClNO3. The quantitative estimate of drug-likeness (QED) is 0.524. The van der Waals surface area contributed by atoms with Gasteiger partial charge in [0.2, 0.25) is 0 Å². The minimum Gasteiger partial charge on any atom is -0.466 e. The van der Waals surface area contributed by atoms with Gasteiger partial charge in [0, 0.05) is 24.5 Å². The lowest BCUT2D eigenvalue weighted by Crippen LogP contribution is -2.38. The van der Waals surface area contributed by atoms with E-state index in [0.717, 1.165) is 55.0 Å². The number of piperidine rings is 1. The van der Waals surface area contributed by atoms with Crippen molar-refractivity contribution in [2.75, 3.05) is 26.2 Å². The Hall–Kier alpha value is -1.88. The summed E-state index contributed by atoms with van der Waals surface area (Å²) in [5, 5.41) is 0.725. The molecule has 0 aliphatic carbocycles. The zero-order valence-corrected chi connectivity index (χ0v) is 17.8. The fourth-order valence-electron chi connectivity index (χ4n) is 3.79. The molecule has 5 heteroatoms. The van der Waals surface area contributed by atoms with Crippen molar-refractivity contribution in [2.24, 2.45) is 0 Å². The van der Waals surface area contributed by atoms with Crippen LogP contribution < -0.4 is 0 Å². The molecule has 0 spiro atoms. The Labute approximate surface area is 178 Å². The van der Waals surface area contributed by atoms with E-state index in [1.165, 1.54) is 0 Å². The second-order valence-electron chi connectivity index (χ2n) is 7.43. The molecule has 0 bridgehead atoms. The standard InChI is InChI=1S/C24H30ClNO3/c1-2-28-23(27)12-7-15-26-16-13-22(14-17-26)29-24(19-8-4-3-5-9-19)20-10-6-11-21(25)18-20/h3-6,8-11,18,22,24H,2,7,12-17H2,1H3. The molecular weight excluding hydrogens is 386 g/mol. The molecule has 0 amide bonds. The lowest BCUT2D eigenvalue weighted by Gasteiger charge is -2.34. The Kier molecular flexibility index (Phi) is 8.53. The molecule has 4 nitrogen and oxygen atoms in total. The number of ether oxygens (including phenoxy) is 2. The average molecular weight is 416 g/mol. The SMILES string of the molecule is CCOC(=O)CCCN1CCC(OC(c2ccccc2)c2cccc(Cl)c2)CC1. The number of hydrogen-bond acceptors (Lipinski definition) is 4. The molecule has 0 saturated carbocycles. The van der Waals surface area contributed by atoms with Crippen LogP contribution in [0.15, 0.2) is 54.6 Å². The smallest absolute Gasteiger partial charge is 0.305 e. The highest BCUT2D eigenvalue weighted by molar-refractivity contribution is 6.30. The first-order valence-electron chi connectivity index (χ1n) is 10.5. The molecule has 2 aromatic rings. The summed E-state index contributed by atoms with van der Waals surface area (Å²) in [6.07, 6.45) is 3.41. The maximum Gasteiger partial charge on any atom is 0.305 e. The van der Waals surface area contributed by atoms with Crippen molar-refractivity contribution in [3.8, 4) is 0 Å². The minimum absolute atomic E-state index is 0.0991. The number of carbonyl (C=O) groups excluding carboxylic acids is 1. The molecule has 29 heavy (non-hydrogen) atoms. The third-order valence-corrected chi connectivity index (χ3v) is 5.51. The van der Waals surface area contributed by atoms with Crippen LogP contribution in [0.4, 0.5) is 0 Å². The zero-order chi connectivity index (χ0) is 20.5. The zero-order valence-electron chi connectivity index (χ0n) is 17.1. The first-order chi connectivity index (χ1) is 14.2. The second-order valence-corrected chi connectivity index (χ2v) is 7.87. The number of hydrogen-bond donors (Lipinski definition) is 0. The van der Waals surface area contributed by atoms with Gasteiger partial charge in [0.15, 0.2) is 0 Å². The first-order valence-corrected chi connectivity index (χ1v) is 10.9. The van der Waals surface area contributed by atoms with Gasteiger partial charge < -0.3 is 14.4 Å². The van der Waals surface area contributed by atoms with Crippen LogP contribution in [0.3, 0.4) is 0 Å². The lowest BCUT2D eigenvalue weighted by atomic mass is 10.00. The molecule has 2 aromatic carbocycles. The van der Waals surface area contributed by atoms with Crippen LogP contribution in [0.25, 0.3) is 0 Å². The molecule has 1 atom stereocenters. The van der Waals surface area contributed by atoms with Gasteiger partial charge in [0.25, 0.3) is 0 Å². The van der Waals surface area contributed by atoms with Gasteiger partial charge in [0.05, 0.1) is 12.7 Å². The number of nitrogens with zero attached hydrogens (tertiary/aromatic N) is 1. The number of benzene rings is 2. The van der Waals surface area contributed by atoms with Gasteiger partial charge >= 0.3 is 5.97 Å². The summed E-state index contributed by atoms with van der Waals surface area (Å²) in [6.45, 7) is 5.21. The van der Waals surface area contributed by atoms with Crippen LogP contribution in [0.1, 0.15) is 49.8 Å². The molecule has 156 valence electrons. The highest BCUT2D eigenvalue weighted by Gasteiger charge is 2.25. The summed E-state index contributed by atoms with van der Waals surface area (Å²) in [7, 11) is 0. The van der Waals surface area contributed by atoms with E-state index in [9.17, 15) is 4.79 Å². The fourth-order valence-corrected chi connectivity index (χ4v) is 3.99. The van der Waals surface area contributed by atoms with Crippen molar-refractivity contribution in [3.63, 3.8) is 0 Å². The summed E-state index contributed by atoms with van der Waals surface area (Å²) >= 11 is 6.23. The summed E-state index contributed by atoms with van der Waals surface area (Å²) in [5.74, 6) is -0.0991. The fraction of sp³-hybridized carbons (Fsp3) is 0.458. The topological polar surface area (TPSA) is 38.8 Å². The van der Waals surface area contributed by atoms with Gasteiger partial charge in [-0.3, -0.25) is 4.79 Å². The van der Waals surface area contributed by atoms with Gasteiger partial charge in [-0.15, -0.1) is 0 Å². The van der Waals surface area contributed by atoms with Crippen molar-refractivity contribution >= 4 is 17.6 Å². The molecule has 0 N–H and O–H groups in total. The van der Waals surface area contributed by atoms with Gasteiger partial charge in [-0.05, 0) is 56.0 Å². The third kappa shape index (κ3) is 6.84. The van der Waals surface area contributed by atoms with E-state index in [-0.39, 0.29) is 18.2 Å². The molecule has 0 radical (unpaired) electrons. The van der Waals surface area contributed by atoms with E-state index in [0.29, 0.717) is 13.0 Å². The summed E-state index contributed by atoms with van der Waals surface area (Å²) in [4.78, 5) is 13.9. The number of carbonyl (C=O) groups is 1. The van der Waals surface area contributed by atoms with E-state index in [1.807, 2.05) is 43.3 Å². The van der Waals surface area contributed by atoms with E-state index in [1.54, 1.807) is 0 Å². The highest BCUT2D eigenvalue weighted by Crippen LogP contribution is 2.31. The monoisotopic (exact) mass is 415 g/mol. The lowest BCUT2D eigenvalue weighted by molar-refractivity contribution is -0.143. The van der Waals surface area contributed by atoms with Gasteiger partial charge in [-0.1, -0.05) is 54.1 Å². The largest absolute Gasteiger partial charge is 0.466 e. The molecule has 3 rings (SSSR count). The summed E-state index contributed by atoms with van der Waals surface area (Å²) in [6, 6.07) is 18.3. The van der Waals surface area contributed by atoms with Crippen LogP contribution in [0.5, 0.6) is 0 Å². The molecule has 1 aliphatic heterocycles. The Bertz CT molecular complexity index is 760. The Morgan fingerprint density at radius 1 is 1.10 bits per heavy atom. The van der Waals surface area contributed by atoms with E-state index in [2.05, 4.69) is 23.1 Å². The van der Waals surface area contributed by atoms with E-state index >= 15 is 0 Å². The normalized spacial score (nSPS) is 16.5. The number of rotatable bonds is 9. The molecule has 1 heterocycles. The van der Waals surface area contributed by atoms with Crippen LogP contribution in [-0.2, 0) is 14.3 Å². The van der Waals surface area contributed by atoms with Crippen LogP contribution in [0.2, 0.25) is 5.02 Å². The van der Waals surface area contributed by atoms with Gasteiger partial charge in [0.1, 0.15) is 6.10 Å². The van der Waals surface area contributed by atoms with Gasteiger partial charge in [-0.25, -0.2) is 0 Å². The van der Waals surface area contributed by atoms with Gasteiger partial charge in [-0.2, -0.15) is 0 Å². The van der Waals surface area contributed by atoms with Crippen LogP contribution >= 0.6 is 11.6 Å². The third-order valence-electron chi connectivity index (χ3n) is 5.28. The maximum atomic E-state index is 11.5. The Morgan fingerprint density at radius 2 is 1.83 bits per heavy atom. The van der Waals surface area contributed by atoms with Crippen LogP contribution in [0, 0.1) is 0 Å². The van der Waals surface area contributed by atoms with E-state index < -0.39 is 0 Å². The van der Waals surface area contributed by atoms with Crippen molar-refractivity contribution in [2.45, 2.75) is 44.8 Å². The molecule has 1 unspecified atom stereocenters. The minimum atomic E-state index is -0.115. The van der Waals surface area contributed by atoms with Crippen molar-refractivity contribution in [1.29, 1.82) is 0 Å². The highest BCUT2D eigenvalue weighted by atomic mass is 35.5. The van der Waals surface area contributed by atoms with Crippen LogP contribution in [-0.4, -0.2) is 43.2 Å². The van der Waals surface area contributed by atoms with Crippen molar-refractivity contribution in [1.82, 2.24) is 4.90 Å². The van der Waals surface area contributed by atoms with Crippen molar-refractivity contribution in [3.05, 3.63) is 70.7 Å². The first kappa shape index (κ1) is 21.8. The summed E-state index contributed by atoms with van der Waals surface area (Å²) < 4.78 is 11.6. The molecule has 1 saturated heterocycles. The molecule has 0 aromatic heterocycles. The number of esters is 1. The predicted octanol–water partition coefficient (Wildman–Crippen LogP) is 5.25. The average Bonchev–Trinajstić information content (AvgIpc) is 2.74. The Morgan fingerprint density at radius 3 is 2.52 bits per heavy atom. The predicted molar refractivity (Wildman–Crippen MR) is 116 cm³/mol. The van der Waals surface area contributed by atoms with E-state index in [4.69, 9.17) is 21.1 Å². The maximum absolute atomic E-state index is 11.5. The second kappa shape index (κ2) is 11.3. The molecule has 1 aliphatic rings. The number of halogens is 1. The summed E-state index contributed by atoms with van der Waals surface area (Å²) in [5.41, 5.74) is 2.23. The Balaban J connectivity index is 1.54. The molecule has 1 fully saturated rings.